The van der Waals surface area contributed by atoms with E-state index in [9.17, 15) is 29.4 Å². The zero-order valence-electron chi connectivity index (χ0n) is 17.7. The zero-order valence-corrected chi connectivity index (χ0v) is 17.7. The number of aliphatic hydroxyl groups excluding tert-OH is 2. The minimum Gasteiger partial charge on any atom is -0.547 e. The molecule has 0 fully saturated rings. The van der Waals surface area contributed by atoms with Crippen LogP contribution in [-0.2, 0) is 30.6 Å². The van der Waals surface area contributed by atoms with Gasteiger partial charge in [-0.05, 0) is 5.92 Å². The van der Waals surface area contributed by atoms with Crippen LogP contribution in [0.3, 0.4) is 0 Å². The number of nitrogens with one attached hydrogen (secondary N) is 1. The van der Waals surface area contributed by atoms with Gasteiger partial charge in [-0.1, -0.05) is 13.8 Å². The molecule has 0 amide bonds. The summed E-state index contributed by atoms with van der Waals surface area (Å²) in [7, 11) is 0. The molecule has 2 rings (SSSR count). The molecule has 0 aromatic carbocycles. The monoisotopic (exact) mass is 472 g/mol. The van der Waals surface area contributed by atoms with Gasteiger partial charge < -0.3 is 51.0 Å². The first-order valence-electron chi connectivity index (χ1n) is 9.35. The number of imidazole rings is 1. The fourth-order valence-electron chi connectivity index (χ4n) is 2.06. The second kappa shape index (κ2) is 12.4. The Hall–Kier alpha value is -3.60. The highest BCUT2D eigenvalue weighted by Crippen LogP contribution is 2.06. The number of carbonyl (C=O) groups is 3. The lowest BCUT2D eigenvalue weighted by Crippen LogP contribution is -2.51. The van der Waals surface area contributed by atoms with Crippen LogP contribution in [0.25, 0.3) is 11.2 Å². The Morgan fingerprint density at radius 1 is 1.18 bits per heavy atom. The van der Waals surface area contributed by atoms with Crippen LogP contribution in [-0.4, -0.2) is 79.1 Å². The fourth-order valence-corrected chi connectivity index (χ4v) is 2.06. The molecule has 0 spiro atoms. The number of hydrogen-bond acceptors (Lipinski definition) is 14. The van der Waals surface area contributed by atoms with Gasteiger partial charge in [0.2, 0.25) is 5.95 Å². The highest BCUT2D eigenvalue weighted by Gasteiger charge is 2.19. The van der Waals surface area contributed by atoms with Crippen LogP contribution in [0.2, 0.25) is 0 Å². The van der Waals surface area contributed by atoms with Crippen LogP contribution in [0.5, 0.6) is 0 Å². The Bertz CT molecular complexity index is 1000. The number of rotatable bonds is 10. The molecule has 0 aliphatic heterocycles. The minimum atomic E-state index is -2.44. The molecule has 2 aromatic rings. The van der Waals surface area contributed by atoms with Gasteiger partial charge in [0.15, 0.2) is 11.2 Å². The molecule has 7 N–H and O–H groups in total. The summed E-state index contributed by atoms with van der Waals surface area (Å²) in [6.45, 7) is 4.04. The number of carboxylic acids is 2. The number of nitrogens with zero attached hydrogens (tertiary/aromatic N) is 3. The number of fused-ring (bicyclic) bond motifs is 1. The van der Waals surface area contributed by atoms with E-state index in [0.717, 1.165) is 0 Å². The summed E-state index contributed by atoms with van der Waals surface area (Å²) < 4.78 is 11.9. The van der Waals surface area contributed by atoms with E-state index in [0.29, 0.717) is 5.65 Å². The Morgan fingerprint density at radius 3 is 2.27 bits per heavy atom. The number of ether oxygens (including phenoxy) is 2. The van der Waals surface area contributed by atoms with Gasteiger partial charge in [0.25, 0.3) is 5.56 Å². The number of aromatic nitrogens is 4. The third kappa shape index (κ3) is 8.11. The van der Waals surface area contributed by atoms with Gasteiger partial charge in [0.05, 0.1) is 24.9 Å². The van der Waals surface area contributed by atoms with Gasteiger partial charge in [-0.15, -0.1) is 0 Å². The first-order chi connectivity index (χ1) is 15.4. The first kappa shape index (κ1) is 27.4. The number of aliphatic carboxylic acids is 2. The molecule has 0 aliphatic carbocycles. The molecular formula is C17H24N6O10-2. The van der Waals surface area contributed by atoms with Crippen molar-refractivity contribution >= 4 is 35.0 Å². The molecule has 16 heteroatoms. The van der Waals surface area contributed by atoms with E-state index in [4.69, 9.17) is 31.2 Å². The predicted octanol–water partition coefficient (Wildman–Crippen LogP) is -5.59. The normalized spacial score (nSPS) is 13.6. The number of anilines is 1. The number of esters is 1. The predicted molar refractivity (Wildman–Crippen MR) is 104 cm³/mol. The number of aromatic amines is 1. The van der Waals surface area contributed by atoms with Crippen molar-refractivity contribution in [1.82, 2.24) is 19.5 Å². The number of H-pyrrole nitrogens is 1. The number of nitrogen functional groups attached to an aromatic ring is 1. The van der Waals surface area contributed by atoms with E-state index in [1.807, 2.05) is 13.8 Å². The minimum absolute atomic E-state index is 0.000790. The molecule has 0 saturated heterocycles. The molecular weight excluding hydrogens is 448 g/mol. The lowest BCUT2D eigenvalue weighted by atomic mass is 10.1. The molecule has 2 unspecified atom stereocenters. The van der Waals surface area contributed by atoms with E-state index < -0.39 is 41.7 Å². The van der Waals surface area contributed by atoms with Gasteiger partial charge in [0, 0.05) is 0 Å². The Balaban J connectivity index is 0.000000461. The highest BCUT2D eigenvalue weighted by molar-refractivity contribution is 5.80. The second-order valence-electron chi connectivity index (χ2n) is 6.84. The number of aliphatic hydroxyl groups is 2. The second-order valence-corrected chi connectivity index (χ2v) is 6.84. The van der Waals surface area contributed by atoms with Crippen molar-refractivity contribution in [2.45, 2.75) is 38.8 Å². The maximum absolute atomic E-state index is 11.6. The maximum Gasteiger partial charge on any atom is 0.323 e. The van der Waals surface area contributed by atoms with Crippen molar-refractivity contribution in [1.29, 1.82) is 0 Å². The number of nitrogens with two attached hydrogens (primary N) is 2. The summed E-state index contributed by atoms with van der Waals surface area (Å²) >= 11 is 0. The van der Waals surface area contributed by atoms with Gasteiger partial charge in [0.1, 0.15) is 31.6 Å². The Kier molecular flexibility index (Phi) is 10.3. The topological polar surface area (TPSA) is 272 Å². The van der Waals surface area contributed by atoms with Crippen LogP contribution < -0.4 is 27.2 Å². The number of hydrogen-bond donors (Lipinski definition) is 5. The van der Waals surface area contributed by atoms with E-state index in [2.05, 4.69) is 15.0 Å². The Morgan fingerprint density at radius 2 is 1.76 bits per heavy atom. The third-order valence-electron chi connectivity index (χ3n) is 3.97. The van der Waals surface area contributed by atoms with Crippen molar-refractivity contribution < 1.29 is 44.3 Å². The van der Waals surface area contributed by atoms with Crippen LogP contribution in [0.1, 0.15) is 13.8 Å². The molecule has 0 saturated carbocycles. The van der Waals surface area contributed by atoms with Crippen LogP contribution in [0, 0.1) is 5.92 Å². The lowest BCUT2D eigenvalue weighted by molar-refractivity contribution is -0.333. The highest BCUT2D eigenvalue weighted by atomic mass is 16.6. The molecule has 2 aromatic heterocycles. The van der Waals surface area contributed by atoms with Gasteiger partial charge in [-0.25, -0.2) is 4.98 Å². The van der Waals surface area contributed by atoms with Gasteiger partial charge in [-0.3, -0.25) is 19.1 Å². The summed E-state index contributed by atoms with van der Waals surface area (Å²) in [5.41, 5.74) is 11.2. The first-order valence-corrected chi connectivity index (χ1v) is 9.35. The standard InChI is InChI=1S/C13H20N6O4.C4H6O6/c1-7(2)8(14)12(21)23-4-3-22-6-19-5-16-9-10(19)17-13(15)18-11(9)20;5-1(3(7)8)2(6)4(9)10/h5,7-8H,3-4,6,14H2,1-2H3,(H3,15,17,18,20);1-2,5-6H,(H,7,8)(H,9,10)/p-2/t8-;/m0./s1. The third-order valence-corrected chi connectivity index (χ3v) is 3.97. The summed E-state index contributed by atoms with van der Waals surface area (Å²) in [6.07, 6.45) is -3.46. The molecule has 16 nitrogen and oxygen atoms in total. The quantitative estimate of drug-likeness (QED) is 0.159. The zero-order chi connectivity index (χ0) is 25.3. The molecule has 0 bridgehead atoms. The van der Waals surface area contributed by atoms with Crippen molar-refractivity contribution in [3.8, 4) is 0 Å². The van der Waals surface area contributed by atoms with E-state index >= 15 is 0 Å². The van der Waals surface area contributed by atoms with Crippen LogP contribution >= 0.6 is 0 Å². The molecule has 0 aliphatic rings. The summed E-state index contributed by atoms with van der Waals surface area (Å²) in [6, 6.07) is -0.647. The van der Waals surface area contributed by atoms with Crippen molar-refractivity contribution in [3.63, 3.8) is 0 Å². The smallest absolute Gasteiger partial charge is 0.323 e. The van der Waals surface area contributed by atoms with Crippen molar-refractivity contribution in [2.75, 3.05) is 18.9 Å². The van der Waals surface area contributed by atoms with Crippen LogP contribution in [0.15, 0.2) is 11.1 Å². The number of carbonyl (C=O) groups excluding carboxylic acids is 3. The van der Waals surface area contributed by atoms with Gasteiger partial charge in [-0.2, -0.15) is 4.98 Å². The van der Waals surface area contributed by atoms with E-state index in [-0.39, 0.29) is 37.3 Å². The van der Waals surface area contributed by atoms with E-state index in [1.165, 1.54) is 10.9 Å². The summed E-state index contributed by atoms with van der Waals surface area (Å²) in [5.74, 6) is -4.57. The van der Waals surface area contributed by atoms with Gasteiger partial charge >= 0.3 is 5.97 Å². The SMILES string of the molecule is CC(C)[C@H](N)C(=O)OCCOCn1cnc2c(=O)[nH]c(N)nc21.O=C([O-])C(O)C(O)C(=O)[O-]. The lowest BCUT2D eigenvalue weighted by Gasteiger charge is -2.18. The summed E-state index contributed by atoms with van der Waals surface area (Å²) in [4.78, 5) is 52.7. The molecule has 3 atom stereocenters. The van der Waals surface area contributed by atoms with Crippen LogP contribution in [0.4, 0.5) is 5.95 Å². The largest absolute Gasteiger partial charge is 0.547 e. The van der Waals surface area contributed by atoms with Crippen molar-refractivity contribution in [2.24, 2.45) is 11.7 Å². The molecule has 0 radical (unpaired) electrons. The van der Waals surface area contributed by atoms with Crippen molar-refractivity contribution in [3.05, 3.63) is 16.7 Å². The maximum atomic E-state index is 11.6. The number of carboxylic acid groups (broad SMARTS) is 2. The Labute approximate surface area is 185 Å². The summed E-state index contributed by atoms with van der Waals surface area (Å²) in [5, 5.41) is 35.7. The molecule has 184 valence electrons. The molecule has 33 heavy (non-hydrogen) atoms. The average molecular weight is 472 g/mol. The average Bonchev–Trinajstić information content (AvgIpc) is 3.14. The van der Waals surface area contributed by atoms with E-state index in [1.54, 1.807) is 0 Å². The fraction of sp³-hybridized carbons (Fsp3) is 0.529. The molecule has 2 heterocycles.